The highest BCUT2D eigenvalue weighted by Crippen LogP contribution is 2.38. The number of rotatable bonds is 4. The van der Waals surface area contributed by atoms with E-state index in [0.717, 1.165) is 25.7 Å². The summed E-state index contributed by atoms with van der Waals surface area (Å²) in [6.07, 6.45) is 5.60. The number of halogens is 1. The third kappa shape index (κ3) is 3.06. The number of nitrogens with zero attached hydrogens (tertiary/aromatic N) is 6. The Labute approximate surface area is 192 Å². The SMILES string of the molecule is N#Cc1c(F)ccc2c1n(CC1CCCO1)c(=O)c1c(-c3noc(C4(O)CCCC4)n3)ncn12. The smallest absolute Gasteiger partial charge is 0.277 e. The van der Waals surface area contributed by atoms with Crippen molar-refractivity contribution in [3.8, 4) is 17.6 Å². The molecule has 10 nitrogen and oxygen atoms in total. The Balaban J connectivity index is 1.59. The van der Waals surface area contributed by atoms with Crippen LogP contribution in [0.1, 0.15) is 50.0 Å². The maximum atomic E-state index is 14.6. The number of ether oxygens (including phenoxy) is 1. The van der Waals surface area contributed by atoms with Crippen LogP contribution >= 0.6 is 0 Å². The third-order valence-electron chi connectivity index (χ3n) is 6.84. The molecule has 0 radical (unpaired) electrons. The van der Waals surface area contributed by atoms with Gasteiger partial charge in [0.05, 0.1) is 23.7 Å². The van der Waals surface area contributed by atoms with Crippen LogP contribution in [0.2, 0.25) is 0 Å². The van der Waals surface area contributed by atoms with Gasteiger partial charge >= 0.3 is 0 Å². The van der Waals surface area contributed by atoms with Gasteiger partial charge in [-0.1, -0.05) is 5.16 Å². The summed E-state index contributed by atoms with van der Waals surface area (Å²) in [6.45, 7) is 0.761. The van der Waals surface area contributed by atoms with E-state index >= 15 is 0 Å². The number of fused-ring (bicyclic) bond motifs is 3. The minimum Gasteiger partial charge on any atom is -0.380 e. The summed E-state index contributed by atoms with van der Waals surface area (Å²) >= 11 is 0. The van der Waals surface area contributed by atoms with Gasteiger partial charge in [-0.15, -0.1) is 0 Å². The Morgan fingerprint density at radius 3 is 2.82 bits per heavy atom. The van der Waals surface area contributed by atoms with Gasteiger partial charge in [0.25, 0.3) is 11.4 Å². The molecule has 6 rings (SSSR count). The quantitative estimate of drug-likeness (QED) is 0.488. The minimum atomic E-state index is -1.17. The Kier molecular flexibility index (Phi) is 4.75. The second-order valence-corrected chi connectivity index (χ2v) is 8.93. The van der Waals surface area contributed by atoms with Crippen molar-refractivity contribution in [1.82, 2.24) is 24.1 Å². The van der Waals surface area contributed by atoms with Crippen molar-refractivity contribution in [3.05, 3.63) is 46.1 Å². The molecule has 4 aromatic rings. The normalized spacial score (nSPS) is 19.9. The van der Waals surface area contributed by atoms with Crippen LogP contribution < -0.4 is 5.56 Å². The molecule has 0 spiro atoms. The van der Waals surface area contributed by atoms with E-state index in [9.17, 15) is 19.6 Å². The molecule has 1 aliphatic heterocycles. The summed E-state index contributed by atoms with van der Waals surface area (Å²) in [5.41, 5.74) is -0.860. The largest absolute Gasteiger partial charge is 0.380 e. The van der Waals surface area contributed by atoms with Crippen molar-refractivity contribution in [2.24, 2.45) is 0 Å². The molecule has 0 bridgehead atoms. The lowest BCUT2D eigenvalue weighted by Gasteiger charge is -2.17. The van der Waals surface area contributed by atoms with E-state index in [1.54, 1.807) is 0 Å². The highest BCUT2D eigenvalue weighted by Gasteiger charge is 2.39. The van der Waals surface area contributed by atoms with Crippen molar-refractivity contribution in [1.29, 1.82) is 5.26 Å². The molecule has 4 heterocycles. The summed E-state index contributed by atoms with van der Waals surface area (Å²) in [6, 6.07) is 4.61. The van der Waals surface area contributed by atoms with Gasteiger partial charge in [0.15, 0.2) is 0 Å². The minimum absolute atomic E-state index is 0.0839. The topological polar surface area (TPSA) is 131 Å². The summed E-state index contributed by atoms with van der Waals surface area (Å²) in [4.78, 5) is 22.5. The molecule has 1 N–H and O–H groups in total. The lowest BCUT2D eigenvalue weighted by atomic mass is 10.0. The van der Waals surface area contributed by atoms with Gasteiger partial charge < -0.3 is 18.9 Å². The van der Waals surface area contributed by atoms with Gasteiger partial charge in [-0.05, 0) is 50.7 Å². The molecule has 11 heteroatoms. The van der Waals surface area contributed by atoms with E-state index in [-0.39, 0.29) is 46.7 Å². The molecule has 34 heavy (non-hydrogen) atoms. The van der Waals surface area contributed by atoms with Gasteiger partial charge in [-0.25, -0.2) is 9.37 Å². The van der Waals surface area contributed by atoms with Crippen molar-refractivity contribution in [2.45, 2.75) is 56.8 Å². The summed E-state index contributed by atoms with van der Waals surface area (Å²) in [5.74, 6) is -0.515. The second-order valence-electron chi connectivity index (χ2n) is 8.93. The zero-order valence-electron chi connectivity index (χ0n) is 18.2. The standard InChI is InChI=1S/C23H21FN6O4/c24-15-5-6-16-18(14(15)10-25)29(11-13-4-3-9-33-13)21(31)19-17(26-12-30(16)19)20-27-22(34-28-20)23(32)7-1-2-8-23/h5-6,12-13,32H,1-4,7-9,11H2. The van der Waals surface area contributed by atoms with Gasteiger partial charge in [0, 0.05) is 6.61 Å². The molecule has 174 valence electrons. The monoisotopic (exact) mass is 464 g/mol. The number of benzene rings is 1. The molecule has 1 unspecified atom stereocenters. The van der Waals surface area contributed by atoms with Crippen LogP contribution in [0.15, 0.2) is 27.8 Å². The zero-order chi connectivity index (χ0) is 23.4. The summed E-state index contributed by atoms with van der Waals surface area (Å²) in [5, 5.41) is 24.5. The van der Waals surface area contributed by atoms with Crippen LogP contribution in [0.5, 0.6) is 0 Å². The van der Waals surface area contributed by atoms with Crippen LogP contribution in [0, 0.1) is 17.1 Å². The van der Waals surface area contributed by atoms with Crippen LogP contribution in [0.4, 0.5) is 4.39 Å². The molecule has 1 aromatic carbocycles. The number of nitriles is 1. The molecule has 3 aromatic heterocycles. The van der Waals surface area contributed by atoms with E-state index in [1.807, 2.05) is 6.07 Å². The number of aromatic nitrogens is 5. The Bertz CT molecular complexity index is 1520. The highest BCUT2D eigenvalue weighted by atomic mass is 19.1. The average molecular weight is 464 g/mol. The fourth-order valence-electron chi connectivity index (χ4n) is 5.11. The van der Waals surface area contributed by atoms with Gasteiger partial charge in [-0.2, -0.15) is 10.2 Å². The van der Waals surface area contributed by atoms with E-state index in [0.29, 0.717) is 25.0 Å². The first-order valence-corrected chi connectivity index (χ1v) is 11.3. The first-order chi connectivity index (χ1) is 16.5. The number of hydrogen-bond acceptors (Lipinski definition) is 8. The van der Waals surface area contributed by atoms with Gasteiger partial charge in [0.1, 0.15) is 40.6 Å². The van der Waals surface area contributed by atoms with Crippen LogP contribution in [0.3, 0.4) is 0 Å². The second kappa shape index (κ2) is 7.72. The first-order valence-electron chi connectivity index (χ1n) is 11.3. The van der Waals surface area contributed by atoms with Gasteiger partial charge in [-0.3, -0.25) is 9.20 Å². The Hall–Kier alpha value is -3.62. The summed E-state index contributed by atoms with van der Waals surface area (Å²) in [7, 11) is 0. The number of imidazole rings is 1. The maximum Gasteiger partial charge on any atom is 0.277 e. The fourth-order valence-corrected chi connectivity index (χ4v) is 5.11. The van der Waals surface area contributed by atoms with Crippen molar-refractivity contribution in [2.75, 3.05) is 6.61 Å². The molecular weight excluding hydrogens is 443 g/mol. The highest BCUT2D eigenvalue weighted by molar-refractivity contribution is 5.87. The average Bonchev–Trinajstić information content (AvgIpc) is 3.63. The van der Waals surface area contributed by atoms with E-state index in [1.165, 1.54) is 27.4 Å². The first kappa shape index (κ1) is 20.9. The molecule has 1 aliphatic carbocycles. The zero-order valence-corrected chi connectivity index (χ0v) is 18.2. The van der Waals surface area contributed by atoms with Crippen LogP contribution in [-0.2, 0) is 16.9 Å². The molecular formula is C23H21FN6O4. The molecule has 2 aliphatic rings. The van der Waals surface area contributed by atoms with Crippen molar-refractivity contribution < 1.29 is 18.8 Å². The van der Waals surface area contributed by atoms with Crippen molar-refractivity contribution in [3.63, 3.8) is 0 Å². The predicted octanol–water partition coefficient (Wildman–Crippen LogP) is 2.65. The molecule has 2 fully saturated rings. The van der Waals surface area contributed by atoms with E-state index in [2.05, 4.69) is 15.1 Å². The molecule has 0 amide bonds. The molecule has 1 atom stereocenters. The fraction of sp³-hybridized carbons (Fsp3) is 0.435. The molecule has 1 saturated heterocycles. The lowest BCUT2D eigenvalue weighted by molar-refractivity contribution is 0.0112. The number of hydrogen-bond donors (Lipinski definition) is 1. The maximum absolute atomic E-state index is 14.6. The Morgan fingerprint density at radius 1 is 1.26 bits per heavy atom. The molecule has 1 saturated carbocycles. The Morgan fingerprint density at radius 2 is 2.09 bits per heavy atom. The van der Waals surface area contributed by atoms with E-state index < -0.39 is 17.0 Å². The predicted molar refractivity (Wildman–Crippen MR) is 116 cm³/mol. The lowest BCUT2D eigenvalue weighted by Crippen LogP contribution is -2.29. The number of aliphatic hydroxyl groups is 1. The van der Waals surface area contributed by atoms with E-state index in [4.69, 9.17) is 9.26 Å². The van der Waals surface area contributed by atoms with Crippen LogP contribution in [0.25, 0.3) is 28.1 Å². The third-order valence-corrected chi connectivity index (χ3v) is 6.84. The van der Waals surface area contributed by atoms with Crippen molar-refractivity contribution >= 4 is 16.6 Å². The van der Waals surface area contributed by atoms with Crippen LogP contribution in [-0.4, -0.2) is 41.9 Å². The van der Waals surface area contributed by atoms with Gasteiger partial charge in [0.2, 0.25) is 5.82 Å². The summed E-state index contributed by atoms with van der Waals surface area (Å²) < 4.78 is 28.5.